The molecule has 3 rings (SSSR count). The number of benzene rings is 1. The van der Waals surface area contributed by atoms with Crippen LogP contribution in [-0.4, -0.2) is 39.9 Å². The molecule has 2 aromatic rings. The molecule has 25 heavy (non-hydrogen) atoms. The Bertz CT molecular complexity index is 835. The van der Waals surface area contributed by atoms with E-state index >= 15 is 0 Å². The van der Waals surface area contributed by atoms with Crippen molar-refractivity contribution in [3.8, 4) is 5.75 Å². The number of rotatable bonds is 4. The highest BCUT2D eigenvalue weighted by Crippen LogP contribution is 2.27. The zero-order valence-corrected chi connectivity index (χ0v) is 13.9. The summed E-state index contributed by atoms with van der Waals surface area (Å²) in [5, 5.41) is 12.5. The van der Waals surface area contributed by atoms with Crippen LogP contribution in [0.25, 0.3) is 0 Å². The standard InChI is InChI=1S/C17H19N3O5/c1-10-9-12(21)16(25-10)20-8-7-14(19-17(20)23)18-15(22)11-5-3-4-6-13(11)24-2/h3-8,10,12,16,21H,9H2,1-2H3,(H,18,19,22,23). The van der Waals surface area contributed by atoms with Crippen LogP contribution in [0, 0.1) is 0 Å². The third-order valence-corrected chi connectivity index (χ3v) is 3.97. The zero-order valence-electron chi connectivity index (χ0n) is 13.9. The van der Waals surface area contributed by atoms with E-state index in [1.807, 2.05) is 6.92 Å². The molecule has 8 heteroatoms. The van der Waals surface area contributed by atoms with Crippen molar-refractivity contribution < 1.29 is 19.4 Å². The molecule has 132 valence electrons. The van der Waals surface area contributed by atoms with Crippen molar-refractivity contribution in [2.45, 2.75) is 31.8 Å². The maximum Gasteiger partial charge on any atom is 0.351 e. The number of carbonyl (C=O) groups excluding carboxylic acids is 1. The van der Waals surface area contributed by atoms with Gasteiger partial charge < -0.3 is 19.9 Å². The van der Waals surface area contributed by atoms with Gasteiger partial charge in [-0.15, -0.1) is 0 Å². The summed E-state index contributed by atoms with van der Waals surface area (Å²) in [5.41, 5.74) is -0.282. The topological polar surface area (TPSA) is 103 Å². The van der Waals surface area contributed by atoms with Crippen LogP contribution in [0.1, 0.15) is 29.9 Å². The second-order valence-corrected chi connectivity index (χ2v) is 5.80. The smallest absolute Gasteiger partial charge is 0.351 e. The van der Waals surface area contributed by atoms with E-state index in [0.717, 1.165) is 0 Å². The molecule has 1 aromatic carbocycles. The summed E-state index contributed by atoms with van der Waals surface area (Å²) in [6.07, 6.45) is 0.206. The van der Waals surface area contributed by atoms with E-state index in [9.17, 15) is 14.7 Å². The van der Waals surface area contributed by atoms with Crippen LogP contribution >= 0.6 is 0 Å². The molecule has 1 aliphatic heterocycles. The Hall–Kier alpha value is -2.71. The molecule has 0 aliphatic carbocycles. The zero-order chi connectivity index (χ0) is 18.0. The molecule has 1 saturated heterocycles. The molecule has 2 N–H and O–H groups in total. The van der Waals surface area contributed by atoms with Gasteiger partial charge in [-0.25, -0.2) is 4.79 Å². The molecule has 0 radical (unpaired) electrons. The predicted octanol–water partition coefficient (Wildman–Crippen LogP) is 1.17. The fraction of sp³-hybridized carbons (Fsp3) is 0.353. The highest BCUT2D eigenvalue weighted by Gasteiger charge is 2.33. The minimum Gasteiger partial charge on any atom is -0.496 e. The van der Waals surface area contributed by atoms with Gasteiger partial charge >= 0.3 is 5.69 Å². The second kappa shape index (κ2) is 7.04. The van der Waals surface area contributed by atoms with Gasteiger partial charge in [0.2, 0.25) is 0 Å². The number of hydrogen-bond acceptors (Lipinski definition) is 6. The van der Waals surface area contributed by atoms with E-state index < -0.39 is 23.9 Å². The Kier molecular flexibility index (Phi) is 4.82. The Morgan fingerprint density at radius 3 is 2.80 bits per heavy atom. The summed E-state index contributed by atoms with van der Waals surface area (Å²) in [4.78, 5) is 28.4. The first-order valence-electron chi connectivity index (χ1n) is 7.86. The summed E-state index contributed by atoms with van der Waals surface area (Å²) < 4.78 is 11.9. The Morgan fingerprint density at radius 2 is 2.16 bits per heavy atom. The molecule has 3 unspecified atom stereocenters. The molecule has 1 fully saturated rings. The largest absolute Gasteiger partial charge is 0.496 e. The number of hydrogen-bond donors (Lipinski definition) is 2. The van der Waals surface area contributed by atoms with Crippen LogP contribution in [0.2, 0.25) is 0 Å². The quantitative estimate of drug-likeness (QED) is 0.862. The van der Waals surface area contributed by atoms with Crippen molar-refractivity contribution >= 4 is 11.7 Å². The average molecular weight is 345 g/mol. The number of methoxy groups -OCH3 is 1. The lowest BCUT2D eigenvalue weighted by atomic mass is 10.2. The van der Waals surface area contributed by atoms with Crippen molar-refractivity contribution in [2.24, 2.45) is 0 Å². The fourth-order valence-electron chi connectivity index (χ4n) is 2.78. The minimum absolute atomic E-state index is 0.109. The van der Waals surface area contributed by atoms with Gasteiger partial charge in [0.25, 0.3) is 5.91 Å². The molecular formula is C17H19N3O5. The number of anilines is 1. The van der Waals surface area contributed by atoms with Crippen LogP contribution in [-0.2, 0) is 4.74 Å². The normalized spacial score (nSPS) is 22.6. The van der Waals surface area contributed by atoms with E-state index in [-0.39, 0.29) is 11.9 Å². The van der Waals surface area contributed by atoms with Gasteiger partial charge in [-0.2, -0.15) is 4.98 Å². The Labute approximate surface area is 144 Å². The summed E-state index contributed by atoms with van der Waals surface area (Å²) >= 11 is 0. The molecule has 0 saturated carbocycles. The molecule has 8 nitrogen and oxygen atoms in total. The number of carbonyl (C=O) groups is 1. The molecular weight excluding hydrogens is 326 g/mol. The van der Waals surface area contributed by atoms with Crippen LogP contribution in [0.15, 0.2) is 41.3 Å². The monoisotopic (exact) mass is 345 g/mol. The predicted molar refractivity (Wildman–Crippen MR) is 89.7 cm³/mol. The maximum absolute atomic E-state index is 12.3. The lowest BCUT2D eigenvalue weighted by molar-refractivity contribution is -0.0347. The lowest BCUT2D eigenvalue weighted by Crippen LogP contribution is -2.32. The fourth-order valence-corrected chi connectivity index (χ4v) is 2.78. The molecule has 1 amide bonds. The van der Waals surface area contributed by atoms with Gasteiger partial charge in [-0.3, -0.25) is 9.36 Å². The SMILES string of the molecule is COc1ccccc1C(=O)Nc1ccn(C2OC(C)CC2O)c(=O)n1. The summed E-state index contributed by atoms with van der Waals surface area (Å²) in [7, 11) is 1.47. The van der Waals surface area contributed by atoms with Gasteiger partial charge in [0, 0.05) is 12.6 Å². The number of amides is 1. The number of aliphatic hydroxyl groups is 1. The van der Waals surface area contributed by atoms with Crippen molar-refractivity contribution in [1.82, 2.24) is 9.55 Å². The van der Waals surface area contributed by atoms with Crippen LogP contribution < -0.4 is 15.7 Å². The van der Waals surface area contributed by atoms with Crippen molar-refractivity contribution in [3.63, 3.8) is 0 Å². The van der Waals surface area contributed by atoms with E-state index in [1.165, 1.54) is 23.9 Å². The number of ether oxygens (including phenoxy) is 2. The van der Waals surface area contributed by atoms with Crippen molar-refractivity contribution in [3.05, 3.63) is 52.6 Å². The van der Waals surface area contributed by atoms with E-state index in [4.69, 9.17) is 9.47 Å². The molecule has 1 aliphatic rings. The second-order valence-electron chi connectivity index (χ2n) is 5.80. The maximum atomic E-state index is 12.3. The van der Waals surface area contributed by atoms with Crippen molar-refractivity contribution in [1.29, 1.82) is 0 Å². The highest BCUT2D eigenvalue weighted by molar-refractivity contribution is 6.05. The number of aromatic nitrogens is 2. The van der Waals surface area contributed by atoms with E-state index in [0.29, 0.717) is 17.7 Å². The van der Waals surface area contributed by atoms with Crippen LogP contribution in [0.4, 0.5) is 5.82 Å². The number of para-hydroxylation sites is 1. The molecule has 0 spiro atoms. The first kappa shape index (κ1) is 17.1. The highest BCUT2D eigenvalue weighted by atomic mass is 16.5. The van der Waals surface area contributed by atoms with Gasteiger partial charge in [0.05, 0.1) is 18.8 Å². The molecule has 0 bridgehead atoms. The number of nitrogens with zero attached hydrogens (tertiary/aromatic N) is 2. The first-order valence-corrected chi connectivity index (χ1v) is 7.86. The lowest BCUT2D eigenvalue weighted by Gasteiger charge is -2.17. The van der Waals surface area contributed by atoms with Gasteiger partial charge in [-0.05, 0) is 25.1 Å². The Balaban J connectivity index is 1.79. The van der Waals surface area contributed by atoms with Crippen LogP contribution in [0.3, 0.4) is 0 Å². The number of aliphatic hydroxyl groups excluding tert-OH is 1. The number of nitrogens with one attached hydrogen (secondary N) is 1. The van der Waals surface area contributed by atoms with E-state index in [2.05, 4.69) is 10.3 Å². The van der Waals surface area contributed by atoms with Gasteiger partial charge in [0.1, 0.15) is 17.7 Å². The summed E-state index contributed by atoms with van der Waals surface area (Å²) in [5.74, 6) is 0.0929. The minimum atomic E-state index is -0.775. The van der Waals surface area contributed by atoms with Gasteiger partial charge in [0.15, 0.2) is 6.23 Å². The van der Waals surface area contributed by atoms with Gasteiger partial charge in [-0.1, -0.05) is 12.1 Å². The third-order valence-electron chi connectivity index (χ3n) is 3.97. The first-order chi connectivity index (χ1) is 12.0. The van der Waals surface area contributed by atoms with E-state index in [1.54, 1.807) is 24.3 Å². The third kappa shape index (κ3) is 3.54. The molecule has 3 atom stereocenters. The molecule has 1 aromatic heterocycles. The van der Waals surface area contributed by atoms with Crippen molar-refractivity contribution in [2.75, 3.05) is 12.4 Å². The molecule has 2 heterocycles. The summed E-state index contributed by atoms with van der Waals surface area (Å²) in [6.45, 7) is 1.82. The average Bonchev–Trinajstić information content (AvgIpc) is 2.93. The van der Waals surface area contributed by atoms with Crippen LogP contribution in [0.5, 0.6) is 5.75 Å². The Morgan fingerprint density at radius 1 is 1.40 bits per heavy atom. The summed E-state index contributed by atoms with van der Waals surface area (Å²) in [6, 6.07) is 8.22.